The molecule has 0 fully saturated rings. The highest BCUT2D eigenvalue weighted by molar-refractivity contribution is 9.10. The molecule has 3 rings (SSSR count). The van der Waals surface area contributed by atoms with E-state index < -0.39 is 0 Å². The van der Waals surface area contributed by atoms with Gasteiger partial charge in [-0.3, -0.25) is 4.79 Å². The van der Waals surface area contributed by atoms with Gasteiger partial charge in [0.05, 0.1) is 5.69 Å². The molecule has 5 heteroatoms. The van der Waals surface area contributed by atoms with Gasteiger partial charge in [0.15, 0.2) is 0 Å². The summed E-state index contributed by atoms with van der Waals surface area (Å²) in [7, 11) is 0. The number of halogens is 1. The van der Waals surface area contributed by atoms with Gasteiger partial charge < -0.3 is 5.32 Å². The van der Waals surface area contributed by atoms with Crippen LogP contribution in [0.4, 0.5) is 0 Å². The van der Waals surface area contributed by atoms with Crippen LogP contribution in [0.5, 0.6) is 0 Å². The number of hydrogen-bond acceptors (Lipinski definition) is 2. The molecule has 0 saturated carbocycles. The maximum Gasteiger partial charge on any atom is 0.244 e. The third-order valence-electron chi connectivity index (χ3n) is 3.69. The molecule has 1 aromatic heterocycles. The van der Waals surface area contributed by atoms with E-state index in [2.05, 4.69) is 38.5 Å². The first-order valence-electron chi connectivity index (χ1n) is 8.01. The van der Waals surface area contributed by atoms with Crippen molar-refractivity contribution in [3.05, 3.63) is 88.7 Å². The molecule has 0 aliphatic rings. The standard InChI is InChI=1S/C20H18BrN3O/c21-18-4-1-3-17(15-18)7-10-20(25)22-13-11-16-5-8-19(9-6-16)24-14-2-12-23-24/h1-10,12,14-15H,11,13H2,(H,22,25)/b10-7+. The fourth-order valence-corrected chi connectivity index (χ4v) is 2.82. The zero-order chi connectivity index (χ0) is 17.5. The second-order valence-corrected chi connectivity index (χ2v) is 6.46. The van der Waals surface area contributed by atoms with E-state index in [0.29, 0.717) is 6.54 Å². The lowest BCUT2D eigenvalue weighted by Gasteiger charge is -2.05. The van der Waals surface area contributed by atoms with E-state index in [0.717, 1.165) is 22.1 Å². The lowest BCUT2D eigenvalue weighted by molar-refractivity contribution is -0.116. The zero-order valence-electron chi connectivity index (χ0n) is 13.6. The summed E-state index contributed by atoms with van der Waals surface area (Å²) >= 11 is 3.41. The lowest BCUT2D eigenvalue weighted by Crippen LogP contribution is -2.23. The predicted molar refractivity (Wildman–Crippen MR) is 103 cm³/mol. The van der Waals surface area contributed by atoms with Crippen molar-refractivity contribution < 1.29 is 4.79 Å². The molecule has 1 N–H and O–H groups in total. The molecule has 0 atom stereocenters. The van der Waals surface area contributed by atoms with Crippen LogP contribution >= 0.6 is 15.9 Å². The summed E-state index contributed by atoms with van der Waals surface area (Å²) < 4.78 is 2.81. The van der Waals surface area contributed by atoms with Crippen LogP contribution in [0.1, 0.15) is 11.1 Å². The molecule has 0 unspecified atom stereocenters. The maximum atomic E-state index is 11.9. The van der Waals surface area contributed by atoms with E-state index in [9.17, 15) is 4.79 Å². The molecule has 25 heavy (non-hydrogen) atoms. The van der Waals surface area contributed by atoms with Crippen LogP contribution in [0.3, 0.4) is 0 Å². The molecule has 0 aliphatic heterocycles. The molecule has 0 spiro atoms. The van der Waals surface area contributed by atoms with Gasteiger partial charge in [-0.1, -0.05) is 40.2 Å². The predicted octanol–water partition coefficient (Wildman–Crippen LogP) is 4.01. The number of carbonyl (C=O) groups is 1. The molecule has 1 heterocycles. The number of rotatable bonds is 6. The van der Waals surface area contributed by atoms with Gasteiger partial charge >= 0.3 is 0 Å². The Labute approximate surface area is 155 Å². The Morgan fingerprint density at radius 1 is 1.16 bits per heavy atom. The molecule has 4 nitrogen and oxygen atoms in total. The van der Waals surface area contributed by atoms with Gasteiger partial charge in [0.1, 0.15) is 0 Å². The third kappa shape index (κ3) is 5.16. The summed E-state index contributed by atoms with van der Waals surface area (Å²) in [5, 5.41) is 7.10. The topological polar surface area (TPSA) is 46.9 Å². The minimum Gasteiger partial charge on any atom is -0.352 e. The fraction of sp³-hybridized carbons (Fsp3) is 0.100. The van der Waals surface area contributed by atoms with Crippen LogP contribution in [-0.2, 0) is 11.2 Å². The Hall–Kier alpha value is -2.66. The first-order valence-corrected chi connectivity index (χ1v) is 8.80. The first kappa shape index (κ1) is 17.2. The number of benzene rings is 2. The molecule has 3 aromatic rings. The Morgan fingerprint density at radius 3 is 2.72 bits per heavy atom. The van der Waals surface area contributed by atoms with Crippen molar-refractivity contribution in [2.75, 3.05) is 6.54 Å². The monoisotopic (exact) mass is 395 g/mol. The van der Waals surface area contributed by atoms with Crippen LogP contribution < -0.4 is 5.32 Å². The van der Waals surface area contributed by atoms with Crippen LogP contribution in [0, 0.1) is 0 Å². The summed E-state index contributed by atoms with van der Waals surface area (Å²) in [4.78, 5) is 11.9. The van der Waals surface area contributed by atoms with Crippen LogP contribution in [-0.4, -0.2) is 22.2 Å². The minimum atomic E-state index is -0.0897. The van der Waals surface area contributed by atoms with E-state index in [1.54, 1.807) is 18.3 Å². The van der Waals surface area contributed by atoms with Gasteiger partial charge in [0.25, 0.3) is 0 Å². The largest absolute Gasteiger partial charge is 0.352 e. The van der Waals surface area contributed by atoms with Crippen molar-refractivity contribution in [1.29, 1.82) is 0 Å². The number of carbonyl (C=O) groups excluding carboxylic acids is 1. The number of nitrogens with zero attached hydrogens (tertiary/aromatic N) is 2. The van der Waals surface area contributed by atoms with Crippen molar-refractivity contribution in [3.8, 4) is 5.69 Å². The van der Waals surface area contributed by atoms with E-state index >= 15 is 0 Å². The quantitative estimate of drug-likeness (QED) is 0.640. The Bertz CT molecular complexity index is 855. The van der Waals surface area contributed by atoms with Crippen molar-refractivity contribution in [2.45, 2.75) is 6.42 Å². The molecular formula is C20H18BrN3O. The van der Waals surface area contributed by atoms with Gasteiger partial charge in [0.2, 0.25) is 5.91 Å². The second kappa shape index (κ2) is 8.44. The minimum absolute atomic E-state index is 0.0897. The van der Waals surface area contributed by atoms with Gasteiger partial charge in [-0.2, -0.15) is 5.10 Å². The molecule has 0 aliphatic carbocycles. The molecule has 126 valence electrons. The summed E-state index contributed by atoms with van der Waals surface area (Å²) in [5.74, 6) is -0.0897. The highest BCUT2D eigenvalue weighted by Crippen LogP contribution is 2.12. The highest BCUT2D eigenvalue weighted by Gasteiger charge is 1.99. The normalized spacial score (nSPS) is 10.9. The summed E-state index contributed by atoms with van der Waals surface area (Å²) in [5.41, 5.74) is 3.18. The molecule has 0 saturated heterocycles. The van der Waals surface area contributed by atoms with Crippen molar-refractivity contribution in [2.24, 2.45) is 0 Å². The summed E-state index contributed by atoms with van der Waals surface area (Å²) in [6.45, 7) is 0.600. The van der Waals surface area contributed by atoms with Crippen molar-refractivity contribution >= 4 is 27.9 Å². The van der Waals surface area contributed by atoms with Crippen molar-refractivity contribution in [3.63, 3.8) is 0 Å². The summed E-state index contributed by atoms with van der Waals surface area (Å²) in [6.07, 6.45) is 7.81. The van der Waals surface area contributed by atoms with Gasteiger partial charge in [-0.15, -0.1) is 0 Å². The van der Waals surface area contributed by atoms with E-state index in [-0.39, 0.29) is 5.91 Å². The van der Waals surface area contributed by atoms with Crippen molar-refractivity contribution in [1.82, 2.24) is 15.1 Å². The SMILES string of the molecule is O=C(/C=C/c1cccc(Br)c1)NCCc1ccc(-n2cccn2)cc1. The molecular weight excluding hydrogens is 378 g/mol. The Kier molecular flexibility index (Phi) is 5.80. The first-order chi connectivity index (χ1) is 12.2. The molecule has 2 aromatic carbocycles. The van der Waals surface area contributed by atoms with E-state index in [1.807, 2.05) is 53.3 Å². The van der Waals surface area contributed by atoms with Crippen LogP contribution in [0.25, 0.3) is 11.8 Å². The average Bonchev–Trinajstić information content (AvgIpc) is 3.15. The Morgan fingerprint density at radius 2 is 2.00 bits per heavy atom. The Balaban J connectivity index is 1.47. The van der Waals surface area contributed by atoms with Crippen LogP contribution in [0.2, 0.25) is 0 Å². The average molecular weight is 396 g/mol. The van der Waals surface area contributed by atoms with E-state index in [4.69, 9.17) is 0 Å². The van der Waals surface area contributed by atoms with Crippen LogP contribution in [0.15, 0.2) is 77.5 Å². The lowest BCUT2D eigenvalue weighted by atomic mass is 10.1. The number of hydrogen-bond donors (Lipinski definition) is 1. The molecule has 0 radical (unpaired) electrons. The second-order valence-electron chi connectivity index (χ2n) is 5.55. The van der Waals surface area contributed by atoms with E-state index in [1.165, 1.54) is 5.56 Å². The fourth-order valence-electron chi connectivity index (χ4n) is 2.41. The smallest absolute Gasteiger partial charge is 0.244 e. The highest BCUT2D eigenvalue weighted by atomic mass is 79.9. The summed E-state index contributed by atoms with van der Waals surface area (Å²) in [6, 6.07) is 17.9. The number of aromatic nitrogens is 2. The van der Waals surface area contributed by atoms with Gasteiger partial charge in [0, 0.05) is 29.5 Å². The zero-order valence-corrected chi connectivity index (χ0v) is 15.2. The number of amides is 1. The molecule has 0 bridgehead atoms. The van der Waals surface area contributed by atoms with Gasteiger partial charge in [-0.05, 0) is 54.0 Å². The molecule has 1 amide bonds. The maximum absolute atomic E-state index is 11.9. The number of nitrogens with one attached hydrogen (secondary N) is 1. The third-order valence-corrected chi connectivity index (χ3v) is 4.19. The van der Waals surface area contributed by atoms with Gasteiger partial charge in [-0.25, -0.2) is 4.68 Å².